The summed E-state index contributed by atoms with van der Waals surface area (Å²) in [6.07, 6.45) is 8.77. The number of amides is 3. The Labute approximate surface area is 184 Å². The maximum atomic E-state index is 13.0. The fourth-order valence-corrected chi connectivity index (χ4v) is 6.87. The Bertz CT molecular complexity index is 762. The van der Waals surface area contributed by atoms with Crippen LogP contribution in [0.25, 0.3) is 0 Å². The Morgan fingerprint density at radius 2 is 1.77 bits per heavy atom. The number of hydrogen-bond donors (Lipinski definition) is 1. The van der Waals surface area contributed by atoms with Crippen molar-refractivity contribution in [1.82, 2.24) is 9.80 Å². The molecule has 0 atom stereocenters. The van der Waals surface area contributed by atoms with E-state index in [-0.39, 0.29) is 10.9 Å². The third-order valence-electron chi connectivity index (χ3n) is 7.26. The molecule has 5 nitrogen and oxygen atoms in total. The normalized spacial score (nSPS) is 21.4. The van der Waals surface area contributed by atoms with Crippen LogP contribution in [0.3, 0.4) is 0 Å². The van der Waals surface area contributed by atoms with Crippen molar-refractivity contribution in [3.05, 3.63) is 29.3 Å². The fraction of sp³-hybridized carbons (Fsp3) is 0.667. The van der Waals surface area contributed by atoms with Gasteiger partial charge in [-0.3, -0.25) is 4.79 Å². The smallest absolute Gasteiger partial charge is 0.321 e. The summed E-state index contributed by atoms with van der Waals surface area (Å²) < 4.78 is 0. The highest BCUT2D eigenvalue weighted by Crippen LogP contribution is 2.44. The summed E-state index contributed by atoms with van der Waals surface area (Å²) in [6.45, 7) is 6.32. The lowest BCUT2D eigenvalue weighted by atomic mass is 9.99. The number of piperidine rings is 1. The summed E-state index contributed by atoms with van der Waals surface area (Å²) in [5.41, 5.74) is 3.09. The molecule has 164 valence electrons. The summed E-state index contributed by atoms with van der Waals surface area (Å²) in [5.74, 6) is 2.11. The zero-order valence-electron chi connectivity index (χ0n) is 18.4. The lowest BCUT2D eigenvalue weighted by Crippen LogP contribution is -2.54. The number of benzene rings is 1. The molecule has 2 aliphatic heterocycles. The number of urea groups is 1. The van der Waals surface area contributed by atoms with Crippen LogP contribution in [0, 0.1) is 19.8 Å². The van der Waals surface area contributed by atoms with Crippen molar-refractivity contribution in [3.8, 4) is 0 Å². The van der Waals surface area contributed by atoms with E-state index in [0.717, 1.165) is 54.3 Å². The van der Waals surface area contributed by atoms with E-state index in [2.05, 4.69) is 10.2 Å². The van der Waals surface area contributed by atoms with E-state index in [9.17, 15) is 9.59 Å². The average molecular weight is 430 g/mol. The predicted molar refractivity (Wildman–Crippen MR) is 124 cm³/mol. The van der Waals surface area contributed by atoms with Gasteiger partial charge in [0, 0.05) is 37.5 Å². The molecule has 1 saturated carbocycles. The Hall–Kier alpha value is -1.69. The molecule has 30 heavy (non-hydrogen) atoms. The zero-order chi connectivity index (χ0) is 21.1. The molecule has 1 N–H and O–H groups in total. The van der Waals surface area contributed by atoms with E-state index < -0.39 is 0 Å². The number of anilines is 1. The van der Waals surface area contributed by atoms with Crippen LogP contribution in [0.5, 0.6) is 0 Å². The van der Waals surface area contributed by atoms with Gasteiger partial charge in [0.15, 0.2) is 0 Å². The number of nitrogens with one attached hydrogen (secondary N) is 1. The maximum absolute atomic E-state index is 13.0. The molecule has 0 radical (unpaired) electrons. The lowest BCUT2D eigenvalue weighted by molar-refractivity contribution is -0.134. The number of hydrogen-bond acceptors (Lipinski definition) is 3. The number of thioether (sulfide) groups is 1. The first-order chi connectivity index (χ1) is 14.5. The molecule has 6 heteroatoms. The molecule has 3 fully saturated rings. The minimum atomic E-state index is -0.0951. The molecule has 2 heterocycles. The molecule has 0 unspecified atom stereocenters. The van der Waals surface area contributed by atoms with Crippen molar-refractivity contribution < 1.29 is 9.59 Å². The van der Waals surface area contributed by atoms with Gasteiger partial charge in [-0.1, -0.05) is 43.9 Å². The van der Waals surface area contributed by atoms with E-state index in [1.165, 1.54) is 25.7 Å². The molecule has 0 bridgehead atoms. The summed E-state index contributed by atoms with van der Waals surface area (Å²) in [5, 5.41) is 3.11. The van der Waals surface area contributed by atoms with Crippen LogP contribution < -0.4 is 5.32 Å². The van der Waals surface area contributed by atoms with Gasteiger partial charge in [0.25, 0.3) is 0 Å². The number of rotatable bonds is 4. The molecule has 0 aromatic heterocycles. The highest BCUT2D eigenvalue weighted by Gasteiger charge is 2.46. The molecule has 1 aliphatic carbocycles. The number of nitrogens with zero attached hydrogens (tertiary/aromatic N) is 2. The molecule has 3 aliphatic rings. The number of para-hydroxylation sites is 1. The highest BCUT2D eigenvalue weighted by atomic mass is 32.2. The fourth-order valence-electron chi connectivity index (χ4n) is 5.39. The summed E-state index contributed by atoms with van der Waals surface area (Å²) in [6, 6.07) is 6.04. The van der Waals surface area contributed by atoms with Crippen LogP contribution in [0.1, 0.15) is 62.5 Å². The minimum absolute atomic E-state index is 0.0237. The maximum Gasteiger partial charge on any atom is 0.321 e. The molecule has 1 aromatic carbocycles. The van der Waals surface area contributed by atoms with Crippen molar-refractivity contribution in [2.75, 3.05) is 30.7 Å². The van der Waals surface area contributed by atoms with Gasteiger partial charge in [-0.15, -0.1) is 11.8 Å². The van der Waals surface area contributed by atoms with Gasteiger partial charge in [-0.25, -0.2) is 4.79 Å². The first kappa shape index (κ1) is 21.5. The second-order valence-corrected chi connectivity index (χ2v) is 10.7. The molecule has 4 rings (SSSR count). The van der Waals surface area contributed by atoms with Crippen LogP contribution >= 0.6 is 11.8 Å². The number of aryl methyl sites for hydroxylation is 2. The second-order valence-electron chi connectivity index (χ2n) is 9.21. The number of carbonyl (C=O) groups is 2. The SMILES string of the molecule is Cc1cccc(C)c1NC(=O)N1CCC2(CC1)SCCN2C(=O)CCC1CCCC1. The quantitative estimate of drug-likeness (QED) is 0.718. The van der Waals surface area contributed by atoms with Gasteiger partial charge >= 0.3 is 6.03 Å². The molecular formula is C24H35N3O2S. The first-order valence-corrected chi connectivity index (χ1v) is 12.5. The lowest BCUT2D eigenvalue weighted by Gasteiger charge is -2.44. The molecule has 3 amide bonds. The Morgan fingerprint density at radius 3 is 2.43 bits per heavy atom. The number of likely N-dealkylation sites (tertiary alicyclic amines) is 1. The van der Waals surface area contributed by atoms with Crippen LogP contribution in [0.15, 0.2) is 18.2 Å². The van der Waals surface area contributed by atoms with Crippen molar-refractivity contribution in [1.29, 1.82) is 0 Å². The van der Waals surface area contributed by atoms with Crippen molar-refractivity contribution >= 4 is 29.4 Å². The molecule has 1 aromatic rings. The average Bonchev–Trinajstić information content (AvgIpc) is 3.40. The van der Waals surface area contributed by atoms with Gasteiger partial charge in [0.1, 0.15) is 0 Å². The van der Waals surface area contributed by atoms with Gasteiger partial charge in [-0.2, -0.15) is 0 Å². The summed E-state index contributed by atoms with van der Waals surface area (Å²) in [4.78, 5) is 29.9. The van der Waals surface area contributed by atoms with Gasteiger partial charge in [0.2, 0.25) is 5.91 Å². The van der Waals surface area contributed by atoms with E-state index >= 15 is 0 Å². The van der Waals surface area contributed by atoms with Crippen molar-refractivity contribution in [2.24, 2.45) is 5.92 Å². The zero-order valence-corrected chi connectivity index (χ0v) is 19.2. The highest BCUT2D eigenvalue weighted by molar-refractivity contribution is 8.00. The van der Waals surface area contributed by atoms with Gasteiger partial charge < -0.3 is 15.1 Å². The summed E-state index contributed by atoms with van der Waals surface area (Å²) in [7, 11) is 0. The van der Waals surface area contributed by atoms with Crippen molar-refractivity contribution in [3.63, 3.8) is 0 Å². The third-order valence-corrected chi connectivity index (χ3v) is 8.82. The molecule has 2 saturated heterocycles. The summed E-state index contributed by atoms with van der Waals surface area (Å²) >= 11 is 1.93. The van der Waals surface area contributed by atoms with Crippen LogP contribution in [-0.4, -0.2) is 52.0 Å². The Balaban J connectivity index is 1.33. The Kier molecular flexibility index (Phi) is 6.61. The minimum Gasteiger partial charge on any atom is -0.327 e. The number of carbonyl (C=O) groups excluding carboxylic acids is 2. The largest absolute Gasteiger partial charge is 0.327 e. The van der Waals surface area contributed by atoms with Gasteiger partial charge in [0.05, 0.1) is 4.87 Å². The third kappa shape index (κ3) is 4.48. The predicted octanol–water partition coefficient (Wildman–Crippen LogP) is 5.17. The van der Waals surface area contributed by atoms with Crippen molar-refractivity contribution in [2.45, 2.75) is 70.1 Å². The van der Waals surface area contributed by atoms with Crippen LogP contribution in [0.4, 0.5) is 10.5 Å². The topological polar surface area (TPSA) is 52.7 Å². The molecular weight excluding hydrogens is 394 g/mol. The first-order valence-electron chi connectivity index (χ1n) is 11.5. The Morgan fingerprint density at radius 1 is 1.10 bits per heavy atom. The molecule has 1 spiro atoms. The van der Waals surface area contributed by atoms with Crippen LogP contribution in [0.2, 0.25) is 0 Å². The standard InChI is InChI=1S/C24H35N3O2S/c1-18-6-5-7-19(2)22(18)25-23(29)26-14-12-24(13-15-26)27(16-17-30-24)21(28)11-10-20-8-3-4-9-20/h5-7,20H,3-4,8-17H2,1-2H3,(H,25,29). The van der Waals surface area contributed by atoms with E-state index in [1.807, 2.05) is 48.7 Å². The van der Waals surface area contributed by atoms with E-state index in [4.69, 9.17) is 0 Å². The van der Waals surface area contributed by atoms with Crippen LogP contribution in [-0.2, 0) is 4.79 Å². The van der Waals surface area contributed by atoms with E-state index in [0.29, 0.717) is 25.4 Å². The monoisotopic (exact) mass is 429 g/mol. The van der Waals surface area contributed by atoms with Gasteiger partial charge in [-0.05, 0) is 50.2 Å². The van der Waals surface area contributed by atoms with E-state index in [1.54, 1.807) is 0 Å². The second kappa shape index (κ2) is 9.21.